The molecule has 5 heteroatoms. The van der Waals surface area contributed by atoms with E-state index in [0.717, 1.165) is 38.5 Å². The molecule has 1 aliphatic heterocycles. The summed E-state index contributed by atoms with van der Waals surface area (Å²) < 4.78 is 0. The number of rotatable bonds is 4. The lowest BCUT2D eigenvalue weighted by atomic mass is 9.43. The molecule has 31 heavy (non-hydrogen) atoms. The zero-order valence-corrected chi connectivity index (χ0v) is 19.9. The number of fused-ring (bicyclic) bond motifs is 5. The van der Waals surface area contributed by atoms with Crippen molar-refractivity contribution in [2.45, 2.75) is 97.2 Å². The first kappa shape index (κ1) is 23.5. The Kier molecular flexibility index (Phi) is 6.78. The zero-order valence-electron chi connectivity index (χ0n) is 19.9. The van der Waals surface area contributed by atoms with E-state index < -0.39 is 5.97 Å². The van der Waals surface area contributed by atoms with Gasteiger partial charge >= 0.3 is 5.97 Å². The van der Waals surface area contributed by atoms with E-state index in [0.29, 0.717) is 35.5 Å². The Bertz CT molecular complexity index is 651. The predicted molar refractivity (Wildman–Crippen MR) is 122 cm³/mol. The molecule has 0 amide bonds. The maximum atomic E-state index is 11.5. The fourth-order valence-corrected chi connectivity index (χ4v) is 8.71. The van der Waals surface area contributed by atoms with Gasteiger partial charge in [-0.05, 0) is 104 Å². The van der Waals surface area contributed by atoms with Crippen molar-refractivity contribution in [3.63, 3.8) is 0 Å². The predicted octanol–water partition coefficient (Wildman–Crippen LogP) is 4.07. The lowest BCUT2D eigenvalue weighted by molar-refractivity contribution is -0.175. The zero-order chi connectivity index (χ0) is 22.4. The highest BCUT2D eigenvalue weighted by Gasteiger charge is 2.63. The van der Waals surface area contributed by atoms with Crippen LogP contribution in [-0.2, 0) is 4.79 Å². The van der Waals surface area contributed by atoms with Crippen molar-refractivity contribution in [2.75, 3.05) is 13.1 Å². The monoisotopic (exact) mass is 435 g/mol. The topological polar surface area (TPSA) is 99.7 Å². The largest absolute Gasteiger partial charge is 0.481 e. The number of carbonyl (C=O) groups is 1. The minimum atomic E-state index is -0.707. The summed E-state index contributed by atoms with van der Waals surface area (Å²) >= 11 is 0. The number of carboxylic acid groups (broad SMARTS) is 1. The van der Waals surface area contributed by atoms with Gasteiger partial charge in [0.1, 0.15) is 0 Å². The molecule has 0 spiro atoms. The van der Waals surface area contributed by atoms with Crippen molar-refractivity contribution in [1.82, 2.24) is 5.32 Å². The molecule has 0 aromatic carbocycles. The minimum Gasteiger partial charge on any atom is -0.481 e. The molecule has 0 radical (unpaired) electrons. The fourth-order valence-electron chi connectivity index (χ4n) is 8.71. The van der Waals surface area contributed by atoms with Crippen LogP contribution in [0.3, 0.4) is 0 Å². The molecule has 0 aromatic heterocycles. The van der Waals surface area contributed by atoms with Crippen LogP contribution in [0.5, 0.6) is 0 Å². The second kappa shape index (κ2) is 8.95. The van der Waals surface area contributed by atoms with E-state index >= 15 is 0 Å². The Labute approximate surface area is 188 Å². The second-order valence-corrected chi connectivity index (χ2v) is 12.0. The molecule has 4 saturated carbocycles. The first-order valence-electron chi connectivity index (χ1n) is 13.0. The molecule has 1 heterocycles. The molecule has 0 aromatic rings. The van der Waals surface area contributed by atoms with Crippen LogP contribution in [0.15, 0.2) is 0 Å². The van der Waals surface area contributed by atoms with Crippen molar-refractivity contribution in [2.24, 2.45) is 46.3 Å². The molecular formula is C26H45NO4. The first-order chi connectivity index (χ1) is 14.7. The van der Waals surface area contributed by atoms with E-state index in [1.54, 1.807) is 0 Å². The number of aliphatic hydroxyl groups is 2. The van der Waals surface area contributed by atoms with Gasteiger partial charge in [-0.15, -0.1) is 0 Å². The van der Waals surface area contributed by atoms with Gasteiger partial charge in [0.05, 0.1) is 12.2 Å². The summed E-state index contributed by atoms with van der Waals surface area (Å²) in [5.74, 6) is 2.55. The smallest absolute Gasteiger partial charge is 0.303 e. The maximum Gasteiger partial charge on any atom is 0.303 e. The van der Waals surface area contributed by atoms with Crippen molar-refractivity contribution < 1.29 is 20.1 Å². The van der Waals surface area contributed by atoms with Gasteiger partial charge < -0.3 is 20.6 Å². The van der Waals surface area contributed by atoms with Gasteiger partial charge in [0, 0.05) is 19.5 Å². The van der Waals surface area contributed by atoms with E-state index in [1.807, 2.05) is 0 Å². The van der Waals surface area contributed by atoms with Crippen molar-refractivity contribution in [1.29, 1.82) is 0 Å². The third-order valence-corrected chi connectivity index (χ3v) is 10.6. The van der Waals surface area contributed by atoms with Gasteiger partial charge in [-0.2, -0.15) is 0 Å². The molecule has 5 nitrogen and oxygen atoms in total. The van der Waals surface area contributed by atoms with Gasteiger partial charge in [0.2, 0.25) is 0 Å². The second-order valence-electron chi connectivity index (χ2n) is 12.0. The van der Waals surface area contributed by atoms with Crippen LogP contribution < -0.4 is 5.32 Å². The highest BCUT2D eigenvalue weighted by atomic mass is 16.4. The van der Waals surface area contributed by atoms with Crippen LogP contribution in [0.2, 0.25) is 0 Å². The van der Waals surface area contributed by atoms with Crippen LogP contribution in [0, 0.1) is 46.3 Å². The van der Waals surface area contributed by atoms with E-state index in [2.05, 4.69) is 26.1 Å². The van der Waals surface area contributed by atoms with Crippen LogP contribution in [0.1, 0.15) is 85.0 Å². The summed E-state index contributed by atoms with van der Waals surface area (Å²) in [5, 5.41) is 33.8. The third kappa shape index (κ3) is 4.31. The molecule has 5 fully saturated rings. The van der Waals surface area contributed by atoms with Crippen molar-refractivity contribution >= 4 is 5.97 Å². The van der Waals surface area contributed by atoms with Gasteiger partial charge in [-0.1, -0.05) is 20.8 Å². The third-order valence-electron chi connectivity index (χ3n) is 10.6. The molecule has 10 atom stereocenters. The van der Waals surface area contributed by atoms with Crippen molar-refractivity contribution in [3.8, 4) is 0 Å². The lowest BCUT2D eigenvalue weighted by Gasteiger charge is -2.62. The molecule has 5 rings (SSSR count). The van der Waals surface area contributed by atoms with E-state index in [4.69, 9.17) is 5.11 Å². The Morgan fingerprint density at radius 3 is 2.39 bits per heavy atom. The van der Waals surface area contributed by atoms with Gasteiger partial charge in [0.15, 0.2) is 0 Å². The summed E-state index contributed by atoms with van der Waals surface area (Å²) in [5.41, 5.74) is 0.216. The van der Waals surface area contributed by atoms with E-state index in [1.165, 1.54) is 32.4 Å². The van der Waals surface area contributed by atoms with Crippen LogP contribution in [0.25, 0.3) is 0 Å². The minimum absolute atomic E-state index is 0.0591. The van der Waals surface area contributed by atoms with E-state index in [-0.39, 0.29) is 29.5 Å². The molecule has 3 unspecified atom stereocenters. The average Bonchev–Trinajstić information content (AvgIpc) is 3.56. The van der Waals surface area contributed by atoms with Crippen molar-refractivity contribution in [3.05, 3.63) is 0 Å². The standard InChI is InChI=1S/C24H40O4.C2H5N/c1-14(4-9-22(27)28)18-7-8-19-17-6-5-15-12-16(25)10-11-23(15,2)20(17)13-21(26)24(18,19)3;1-2-3-1/h14-21,25-26H,4-13H2,1-3H3,(H,27,28);3H,1-2H2/t14-,15-,16-,17?,18-,19?,20?,21+,23+,24-;/m1./s1. The molecule has 5 aliphatic rings. The summed E-state index contributed by atoms with van der Waals surface area (Å²) in [6.45, 7) is 9.49. The average molecular weight is 436 g/mol. The quantitative estimate of drug-likeness (QED) is 0.499. The Hall–Kier alpha value is -0.650. The highest BCUT2D eigenvalue weighted by molar-refractivity contribution is 5.66. The number of aliphatic carboxylic acids is 1. The van der Waals surface area contributed by atoms with Crippen LogP contribution in [0.4, 0.5) is 0 Å². The Morgan fingerprint density at radius 2 is 1.74 bits per heavy atom. The summed E-state index contributed by atoms with van der Waals surface area (Å²) in [7, 11) is 0. The number of aliphatic hydroxyl groups excluding tert-OH is 2. The summed E-state index contributed by atoms with van der Waals surface area (Å²) in [6.07, 6.45) is 9.26. The van der Waals surface area contributed by atoms with Gasteiger partial charge in [0.25, 0.3) is 0 Å². The maximum absolute atomic E-state index is 11.5. The molecule has 178 valence electrons. The van der Waals surface area contributed by atoms with Gasteiger partial charge in [-0.25, -0.2) is 0 Å². The number of hydrogen-bond donors (Lipinski definition) is 4. The van der Waals surface area contributed by atoms with Gasteiger partial charge in [-0.3, -0.25) is 4.79 Å². The number of hydrogen-bond acceptors (Lipinski definition) is 4. The van der Waals surface area contributed by atoms with E-state index in [9.17, 15) is 15.0 Å². The number of nitrogens with one attached hydrogen (secondary N) is 1. The van der Waals surface area contributed by atoms with Crippen LogP contribution in [-0.4, -0.2) is 46.6 Å². The number of carboxylic acids is 1. The normalized spacial score (nSPS) is 49.0. The SMILES string of the molecule is C1CN1.C[C@H](CCC(=O)O)[C@H]1CCC2C3CC[C@@H]4C[C@H](O)CC[C@]4(C)C3C[C@H](O)[C@@]21C. The summed E-state index contributed by atoms with van der Waals surface area (Å²) in [4.78, 5) is 11.1. The molecular weight excluding hydrogens is 390 g/mol. The lowest BCUT2D eigenvalue weighted by Crippen LogP contribution is -2.58. The van der Waals surface area contributed by atoms with Crippen LogP contribution >= 0.6 is 0 Å². The molecule has 0 bridgehead atoms. The summed E-state index contributed by atoms with van der Waals surface area (Å²) in [6, 6.07) is 0. The Morgan fingerprint density at radius 1 is 1.03 bits per heavy atom. The molecule has 4 N–H and O–H groups in total. The molecule has 1 saturated heterocycles. The highest BCUT2D eigenvalue weighted by Crippen LogP contribution is 2.68. The fraction of sp³-hybridized carbons (Fsp3) is 0.962. The first-order valence-corrected chi connectivity index (χ1v) is 13.0. The Balaban J connectivity index is 0.000000710. The molecule has 4 aliphatic carbocycles.